The van der Waals surface area contributed by atoms with Gasteiger partial charge in [0.25, 0.3) is 0 Å². The lowest BCUT2D eigenvalue weighted by atomic mass is 10.1. The van der Waals surface area contributed by atoms with Crippen molar-refractivity contribution < 1.29 is 0 Å². The maximum absolute atomic E-state index is 9.17. The summed E-state index contributed by atoms with van der Waals surface area (Å²) in [7, 11) is 0. The van der Waals surface area contributed by atoms with E-state index in [2.05, 4.69) is 16.0 Å². The topological polar surface area (TPSA) is 52.5 Å². The molecule has 2 aromatic heterocycles. The SMILES string of the molecule is N#Cc1[nH]c2ccccc2c1-c1ccccn1. The first-order valence-electron chi connectivity index (χ1n) is 5.32. The van der Waals surface area contributed by atoms with Gasteiger partial charge in [-0.15, -0.1) is 0 Å². The summed E-state index contributed by atoms with van der Waals surface area (Å²) >= 11 is 0. The zero-order valence-electron chi connectivity index (χ0n) is 9.01. The van der Waals surface area contributed by atoms with Gasteiger partial charge < -0.3 is 4.98 Å². The van der Waals surface area contributed by atoms with Gasteiger partial charge in [0.1, 0.15) is 11.8 Å². The summed E-state index contributed by atoms with van der Waals surface area (Å²) in [6.07, 6.45) is 1.73. The Hall–Kier alpha value is -2.60. The van der Waals surface area contributed by atoms with Crippen molar-refractivity contribution in [3.8, 4) is 17.3 Å². The van der Waals surface area contributed by atoms with Crippen LogP contribution in [0.15, 0.2) is 48.7 Å². The molecule has 0 amide bonds. The van der Waals surface area contributed by atoms with Crippen LogP contribution in [-0.4, -0.2) is 9.97 Å². The normalized spacial score (nSPS) is 10.3. The predicted octanol–water partition coefficient (Wildman–Crippen LogP) is 3.10. The molecule has 0 bridgehead atoms. The second-order valence-corrected chi connectivity index (χ2v) is 3.75. The molecule has 0 aliphatic carbocycles. The number of nitrogens with zero attached hydrogens (tertiary/aromatic N) is 2. The second kappa shape index (κ2) is 3.76. The van der Waals surface area contributed by atoms with Gasteiger partial charge in [-0.25, -0.2) is 0 Å². The lowest BCUT2D eigenvalue weighted by Crippen LogP contribution is -1.83. The third-order valence-electron chi connectivity index (χ3n) is 2.74. The molecule has 0 unspecified atom stereocenters. The molecule has 0 saturated carbocycles. The highest BCUT2D eigenvalue weighted by atomic mass is 14.7. The molecule has 3 nitrogen and oxygen atoms in total. The number of aromatic amines is 1. The van der Waals surface area contributed by atoms with E-state index in [-0.39, 0.29) is 0 Å². The molecular weight excluding hydrogens is 210 g/mol. The number of nitrogens with one attached hydrogen (secondary N) is 1. The van der Waals surface area contributed by atoms with Gasteiger partial charge in [0.2, 0.25) is 0 Å². The minimum atomic E-state index is 0.560. The van der Waals surface area contributed by atoms with E-state index in [1.807, 2.05) is 42.5 Å². The van der Waals surface area contributed by atoms with Crippen molar-refractivity contribution in [3.63, 3.8) is 0 Å². The molecule has 3 heteroatoms. The molecule has 3 aromatic rings. The lowest BCUT2D eigenvalue weighted by Gasteiger charge is -1.98. The minimum absolute atomic E-state index is 0.560. The van der Waals surface area contributed by atoms with Crippen LogP contribution in [0.2, 0.25) is 0 Å². The number of para-hydroxylation sites is 1. The molecule has 0 aliphatic heterocycles. The van der Waals surface area contributed by atoms with Crippen LogP contribution in [0.3, 0.4) is 0 Å². The Bertz CT molecular complexity index is 705. The Morgan fingerprint density at radius 1 is 1.06 bits per heavy atom. The fraction of sp³-hybridized carbons (Fsp3) is 0. The Morgan fingerprint density at radius 2 is 1.88 bits per heavy atom. The number of pyridine rings is 1. The minimum Gasteiger partial charge on any atom is -0.346 e. The van der Waals surface area contributed by atoms with Crippen LogP contribution in [-0.2, 0) is 0 Å². The van der Waals surface area contributed by atoms with E-state index in [0.29, 0.717) is 5.69 Å². The average molecular weight is 219 g/mol. The number of rotatable bonds is 1. The molecule has 1 N–H and O–H groups in total. The summed E-state index contributed by atoms with van der Waals surface area (Å²) < 4.78 is 0. The fourth-order valence-corrected chi connectivity index (χ4v) is 2.00. The van der Waals surface area contributed by atoms with Gasteiger partial charge in [-0.1, -0.05) is 24.3 Å². The van der Waals surface area contributed by atoms with E-state index in [0.717, 1.165) is 22.2 Å². The number of benzene rings is 1. The van der Waals surface area contributed by atoms with Gasteiger partial charge in [0.05, 0.1) is 5.69 Å². The molecule has 0 aliphatic rings. The van der Waals surface area contributed by atoms with Crippen molar-refractivity contribution in [2.24, 2.45) is 0 Å². The molecule has 0 radical (unpaired) electrons. The number of aromatic nitrogens is 2. The van der Waals surface area contributed by atoms with Crippen LogP contribution in [0.1, 0.15) is 5.69 Å². The number of H-pyrrole nitrogens is 1. The van der Waals surface area contributed by atoms with Crippen LogP contribution in [0.4, 0.5) is 0 Å². The number of hydrogen-bond donors (Lipinski definition) is 1. The molecule has 80 valence electrons. The Morgan fingerprint density at radius 3 is 2.65 bits per heavy atom. The quantitative estimate of drug-likeness (QED) is 0.683. The zero-order valence-corrected chi connectivity index (χ0v) is 9.01. The average Bonchev–Trinajstić information content (AvgIpc) is 2.78. The summed E-state index contributed by atoms with van der Waals surface area (Å²) in [6.45, 7) is 0. The number of nitriles is 1. The molecule has 0 atom stereocenters. The lowest BCUT2D eigenvalue weighted by molar-refractivity contribution is 1.31. The van der Waals surface area contributed by atoms with E-state index >= 15 is 0 Å². The number of hydrogen-bond acceptors (Lipinski definition) is 2. The summed E-state index contributed by atoms with van der Waals surface area (Å²) in [6, 6.07) is 15.8. The summed E-state index contributed by atoms with van der Waals surface area (Å²) in [5, 5.41) is 10.2. The van der Waals surface area contributed by atoms with E-state index in [4.69, 9.17) is 0 Å². The van der Waals surface area contributed by atoms with Gasteiger partial charge in [-0.05, 0) is 18.2 Å². The standard InChI is InChI=1S/C14H9N3/c15-9-13-14(12-7-3-4-8-16-12)10-5-1-2-6-11(10)17-13/h1-8,17H. The first kappa shape index (κ1) is 9.61. The van der Waals surface area contributed by atoms with Gasteiger partial charge in [0.15, 0.2) is 0 Å². The Labute approximate surface area is 98.4 Å². The molecule has 3 rings (SSSR count). The van der Waals surface area contributed by atoms with Crippen molar-refractivity contribution >= 4 is 10.9 Å². The largest absolute Gasteiger partial charge is 0.346 e. The van der Waals surface area contributed by atoms with Gasteiger partial charge in [0, 0.05) is 22.7 Å². The van der Waals surface area contributed by atoms with E-state index in [9.17, 15) is 5.26 Å². The molecule has 1 aromatic carbocycles. The van der Waals surface area contributed by atoms with Crippen molar-refractivity contribution in [1.82, 2.24) is 9.97 Å². The second-order valence-electron chi connectivity index (χ2n) is 3.75. The highest BCUT2D eigenvalue weighted by Crippen LogP contribution is 2.30. The van der Waals surface area contributed by atoms with Crippen molar-refractivity contribution in [2.75, 3.05) is 0 Å². The monoisotopic (exact) mass is 219 g/mol. The van der Waals surface area contributed by atoms with Crippen molar-refractivity contribution in [2.45, 2.75) is 0 Å². The predicted molar refractivity (Wildman–Crippen MR) is 66.2 cm³/mol. The third-order valence-corrected chi connectivity index (χ3v) is 2.74. The molecule has 0 fully saturated rings. The van der Waals surface area contributed by atoms with Crippen LogP contribution >= 0.6 is 0 Å². The van der Waals surface area contributed by atoms with Crippen LogP contribution in [0, 0.1) is 11.3 Å². The molecular formula is C14H9N3. The Kier molecular flexibility index (Phi) is 2.13. The fourth-order valence-electron chi connectivity index (χ4n) is 2.00. The molecule has 0 saturated heterocycles. The van der Waals surface area contributed by atoms with Crippen molar-refractivity contribution in [1.29, 1.82) is 5.26 Å². The smallest absolute Gasteiger partial charge is 0.128 e. The van der Waals surface area contributed by atoms with Gasteiger partial charge in [-0.3, -0.25) is 4.98 Å². The first-order chi connectivity index (χ1) is 8.40. The maximum Gasteiger partial charge on any atom is 0.128 e. The highest BCUT2D eigenvalue weighted by Gasteiger charge is 2.13. The summed E-state index contributed by atoms with van der Waals surface area (Å²) in [4.78, 5) is 7.42. The molecule has 17 heavy (non-hydrogen) atoms. The summed E-state index contributed by atoms with van der Waals surface area (Å²) in [5.74, 6) is 0. The van der Waals surface area contributed by atoms with E-state index in [1.54, 1.807) is 6.20 Å². The summed E-state index contributed by atoms with van der Waals surface area (Å²) in [5.41, 5.74) is 3.22. The zero-order chi connectivity index (χ0) is 11.7. The Balaban J connectivity index is 2.39. The van der Waals surface area contributed by atoms with E-state index in [1.165, 1.54) is 0 Å². The first-order valence-corrected chi connectivity index (χ1v) is 5.32. The third kappa shape index (κ3) is 1.47. The van der Waals surface area contributed by atoms with Crippen LogP contribution in [0.5, 0.6) is 0 Å². The van der Waals surface area contributed by atoms with Gasteiger partial charge >= 0.3 is 0 Å². The van der Waals surface area contributed by atoms with Crippen LogP contribution in [0.25, 0.3) is 22.2 Å². The van der Waals surface area contributed by atoms with E-state index < -0.39 is 0 Å². The molecule has 2 heterocycles. The number of fused-ring (bicyclic) bond motifs is 1. The molecule has 0 spiro atoms. The van der Waals surface area contributed by atoms with Gasteiger partial charge in [-0.2, -0.15) is 5.26 Å². The van der Waals surface area contributed by atoms with Crippen LogP contribution < -0.4 is 0 Å². The highest BCUT2D eigenvalue weighted by molar-refractivity contribution is 5.97. The maximum atomic E-state index is 9.17. The van der Waals surface area contributed by atoms with Crippen molar-refractivity contribution in [3.05, 3.63) is 54.4 Å².